The summed E-state index contributed by atoms with van der Waals surface area (Å²) in [6, 6.07) is 8.11. The molecule has 112 valence electrons. The second-order valence-electron chi connectivity index (χ2n) is 4.84. The Morgan fingerprint density at radius 2 is 2.00 bits per heavy atom. The first-order valence-corrected chi connectivity index (χ1v) is 7.34. The number of carbonyl (C=O) groups excluding carboxylic acids is 1. The third-order valence-corrected chi connectivity index (χ3v) is 3.27. The van der Waals surface area contributed by atoms with Gasteiger partial charge in [0.15, 0.2) is 6.10 Å². The van der Waals surface area contributed by atoms with E-state index < -0.39 is 6.10 Å². The molecule has 1 aromatic carbocycles. The highest BCUT2D eigenvalue weighted by atomic mass is 16.5. The zero-order valence-electron chi connectivity index (χ0n) is 12.9. The molecular formula is C16H26N2O2. The molecule has 4 nitrogen and oxygen atoms in total. The van der Waals surface area contributed by atoms with Gasteiger partial charge < -0.3 is 15.4 Å². The number of hydrogen-bond acceptors (Lipinski definition) is 3. The number of nitrogens with one attached hydrogen (secondary N) is 2. The van der Waals surface area contributed by atoms with Crippen LogP contribution in [0.15, 0.2) is 24.3 Å². The molecule has 2 N–H and O–H groups in total. The lowest BCUT2D eigenvalue weighted by Crippen LogP contribution is -2.37. The number of rotatable bonds is 8. The van der Waals surface area contributed by atoms with Gasteiger partial charge in [0.2, 0.25) is 0 Å². The van der Waals surface area contributed by atoms with E-state index in [1.165, 1.54) is 0 Å². The van der Waals surface area contributed by atoms with E-state index in [4.69, 9.17) is 4.74 Å². The molecule has 0 radical (unpaired) electrons. The highest BCUT2D eigenvalue weighted by Gasteiger charge is 2.18. The summed E-state index contributed by atoms with van der Waals surface area (Å²) in [6.45, 7) is 6.61. The van der Waals surface area contributed by atoms with Crippen LogP contribution in [0.4, 0.5) is 0 Å². The Hall–Kier alpha value is -1.55. The molecule has 1 rings (SSSR count). The van der Waals surface area contributed by atoms with E-state index in [2.05, 4.69) is 17.6 Å². The first kappa shape index (κ1) is 16.5. The van der Waals surface area contributed by atoms with Gasteiger partial charge in [-0.3, -0.25) is 4.79 Å². The number of para-hydroxylation sites is 1. The maximum absolute atomic E-state index is 11.9. The molecule has 0 aromatic heterocycles. The van der Waals surface area contributed by atoms with Crippen LogP contribution < -0.4 is 15.4 Å². The van der Waals surface area contributed by atoms with E-state index in [0.717, 1.165) is 24.2 Å². The lowest BCUT2D eigenvalue weighted by Gasteiger charge is -2.21. The number of amides is 1. The van der Waals surface area contributed by atoms with Crippen LogP contribution >= 0.6 is 0 Å². The van der Waals surface area contributed by atoms with Crippen molar-refractivity contribution in [2.75, 3.05) is 13.6 Å². The van der Waals surface area contributed by atoms with E-state index in [1.807, 2.05) is 38.2 Å². The van der Waals surface area contributed by atoms with Gasteiger partial charge >= 0.3 is 0 Å². The average Bonchev–Trinajstić information content (AvgIpc) is 2.47. The molecule has 0 aliphatic rings. The van der Waals surface area contributed by atoms with Gasteiger partial charge in [-0.25, -0.2) is 0 Å². The van der Waals surface area contributed by atoms with E-state index in [-0.39, 0.29) is 11.9 Å². The standard InChI is InChI=1S/C16H26N2O2/c1-5-11-18-16(19)12(3)20-15-10-8-7-9-13(15)14(6-2)17-4/h7-10,12,14,17H,5-6,11H2,1-4H3,(H,18,19). The van der Waals surface area contributed by atoms with Gasteiger partial charge in [-0.1, -0.05) is 32.0 Å². The summed E-state index contributed by atoms with van der Waals surface area (Å²) in [7, 11) is 1.93. The molecule has 0 aliphatic heterocycles. The van der Waals surface area contributed by atoms with Crippen LogP contribution in [0, 0.1) is 0 Å². The van der Waals surface area contributed by atoms with Crippen LogP contribution in [0.5, 0.6) is 5.75 Å². The molecule has 1 aromatic rings. The minimum atomic E-state index is -0.489. The fourth-order valence-corrected chi connectivity index (χ4v) is 2.09. The minimum absolute atomic E-state index is 0.0702. The van der Waals surface area contributed by atoms with Gasteiger partial charge in [-0.2, -0.15) is 0 Å². The molecule has 0 saturated carbocycles. The second-order valence-corrected chi connectivity index (χ2v) is 4.84. The predicted octanol–water partition coefficient (Wildman–Crippen LogP) is 2.65. The summed E-state index contributed by atoms with van der Waals surface area (Å²) >= 11 is 0. The SMILES string of the molecule is CCCNC(=O)C(C)Oc1ccccc1C(CC)NC. The number of hydrogen-bond donors (Lipinski definition) is 2. The monoisotopic (exact) mass is 278 g/mol. The van der Waals surface area contributed by atoms with Crippen molar-refractivity contribution in [1.82, 2.24) is 10.6 Å². The smallest absolute Gasteiger partial charge is 0.260 e. The van der Waals surface area contributed by atoms with Crippen LogP contribution in [0.3, 0.4) is 0 Å². The van der Waals surface area contributed by atoms with Crippen molar-refractivity contribution in [2.45, 2.75) is 45.8 Å². The van der Waals surface area contributed by atoms with Crippen molar-refractivity contribution in [2.24, 2.45) is 0 Å². The van der Waals surface area contributed by atoms with Crippen molar-refractivity contribution in [3.63, 3.8) is 0 Å². The van der Waals surface area contributed by atoms with E-state index in [9.17, 15) is 4.79 Å². The Balaban J connectivity index is 2.79. The maximum atomic E-state index is 11.9. The molecule has 0 aliphatic carbocycles. The van der Waals surface area contributed by atoms with Gasteiger partial charge in [0.05, 0.1) is 0 Å². The number of benzene rings is 1. The Morgan fingerprint density at radius 3 is 2.60 bits per heavy atom. The lowest BCUT2D eigenvalue weighted by molar-refractivity contribution is -0.127. The molecule has 2 unspecified atom stereocenters. The van der Waals surface area contributed by atoms with Crippen LogP contribution in [0.25, 0.3) is 0 Å². The van der Waals surface area contributed by atoms with E-state index in [1.54, 1.807) is 6.92 Å². The van der Waals surface area contributed by atoms with Gasteiger partial charge in [-0.15, -0.1) is 0 Å². The average molecular weight is 278 g/mol. The molecule has 4 heteroatoms. The molecule has 0 saturated heterocycles. The minimum Gasteiger partial charge on any atom is -0.481 e. The molecule has 0 spiro atoms. The fraction of sp³-hybridized carbons (Fsp3) is 0.562. The molecule has 0 fully saturated rings. The Labute approximate surface area is 121 Å². The molecule has 1 amide bonds. The van der Waals surface area contributed by atoms with Gasteiger partial charge in [0.1, 0.15) is 5.75 Å². The summed E-state index contributed by atoms with van der Waals surface area (Å²) in [5.74, 6) is 0.701. The summed E-state index contributed by atoms with van der Waals surface area (Å²) < 4.78 is 5.84. The summed E-state index contributed by atoms with van der Waals surface area (Å²) in [6.07, 6.45) is 1.40. The fourth-order valence-electron chi connectivity index (χ4n) is 2.09. The van der Waals surface area contributed by atoms with Crippen LogP contribution in [-0.4, -0.2) is 25.6 Å². The normalized spacial score (nSPS) is 13.6. The lowest BCUT2D eigenvalue weighted by atomic mass is 10.0. The van der Waals surface area contributed by atoms with Crippen LogP contribution in [0.2, 0.25) is 0 Å². The Morgan fingerprint density at radius 1 is 1.30 bits per heavy atom. The zero-order valence-corrected chi connectivity index (χ0v) is 12.9. The summed E-state index contributed by atoms with van der Waals surface area (Å²) in [4.78, 5) is 11.9. The molecule has 20 heavy (non-hydrogen) atoms. The van der Waals surface area contributed by atoms with Crippen LogP contribution in [0.1, 0.15) is 45.2 Å². The summed E-state index contributed by atoms with van der Waals surface area (Å²) in [5.41, 5.74) is 1.09. The Bertz CT molecular complexity index is 417. The quantitative estimate of drug-likeness (QED) is 0.768. The first-order chi connectivity index (χ1) is 9.63. The number of carbonyl (C=O) groups is 1. The molecule has 0 heterocycles. The third-order valence-electron chi connectivity index (χ3n) is 3.27. The third kappa shape index (κ3) is 4.53. The highest BCUT2D eigenvalue weighted by Crippen LogP contribution is 2.27. The van der Waals surface area contributed by atoms with Crippen molar-refractivity contribution < 1.29 is 9.53 Å². The second kappa shape index (κ2) is 8.59. The maximum Gasteiger partial charge on any atom is 0.260 e. The highest BCUT2D eigenvalue weighted by molar-refractivity contribution is 5.80. The first-order valence-electron chi connectivity index (χ1n) is 7.34. The number of ether oxygens (including phenoxy) is 1. The van der Waals surface area contributed by atoms with Crippen molar-refractivity contribution in [3.8, 4) is 5.75 Å². The Kier molecular flexibility index (Phi) is 7.09. The molecular weight excluding hydrogens is 252 g/mol. The van der Waals surface area contributed by atoms with Gasteiger partial charge in [0, 0.05) is 18.2 Å². The van der Waals surface area contributed by atoms with E-state index >= 15 is 0 Å². The predicted molar refractivity (Wildman–Crippen MR) is 81.9 cm³/mol. The molecule has 2 atom stereocenters. The molecule has 0 bridgehead atoms. The topological polar surface area (TPSA) is 50.4 Å². The van der Waals surface area contributed by atoms with Crippen molar-refractivity contribution in [3.05, 3.63) is 29.8 Å². The van der Waals surface area contributed by atoms with Crippen LogP contribution in [-0.2, 0) is 4.79 Å². The van der Waals surface area contributed by atoms with Gasteiger partial charge in [-0.05, 0) is 32.9 Å². The van der Waals surface area contributed by atoms with Crippen molar-refractivity contribution >= 4 is 5.91 Å². The van der Waals surface area contributed by atoms with Gasteiger partial charge in [0.25, 0.3) is 5.91 Å². The largest absolute Gasteiger partial charge is 0.481 e. The zero-order chi connectivity index (χ0) is 15.0. The van der Waals surface area contributed by atoms with Crippen molar-refractivity contribution in [1.29, 1.82) is 0 Å². The van der Waals surface area contributed by atoms with E-state index in [0.29, 0.717) is 6.54 Å². The summed E-state index contributed by atoms with van der Waals surface area (Å²) in [5, 5.41) is 6.11.